The Morgan fingerprint density at radius 3 is 2.82 bits per heavy atom. The SMILES string of the molecule is CC1Oc2cc(N3CCC(N(C)C)C3)ccc2-c2[nH]c(=O)c(OC(=O)O)cc21. The minimum absolute atomic E-state index is 0.256. The number of pyridine rings is 1. The van der Waals surface area contributed by atoms with Gasteiger partial charge >= 0.3 is 6.16 Å². The summed E-state index contributed by atoms with van der Waals surface area (Å²) in [4.78, 5) is 30.3. The lowest BCUT2D eigenvalue weighted by molar-refractivity contribution is 0.143. The van der Waals surface area contributed by atoms with E-state index in [0.29, 0.717) is 23.0 Å². The molecule has 2 atom stereocenters. The number of H-pyrrole nitrogens is 1. The lowest BCUT2D eigenvalue weighted by atomic mass is 9.97. The van der Waals surface area contributed by atoms with E-state index in [1.807, 2.05) is 25.1 Å². The van der Waals surface area contributed by atoms with Gasteiger partial charge in [-0.25, -0.2) is 4.79 Å². The molecule has 0 radical (unpaired) electrons. The van der Waals surface area contributed by atoms with E-state index in [4.69, 9.17) is 9.84 Å². The molecule has 148 valence electrons. The highest BCUT2D eigenvalue weighted by Crippen LogP contribution is 2.43. The molecule has 28 heavy (non-hydrogen) atoms. The molecule has 1 fully saturated rings. The fourth-order valence-electron chi connectivity index (χ4n) is 3.90. The highest BCUT2D eigenvalue weighted by atomic mass is 16.7. The van der Waals surface area contributed by atoms with E-state index in [2.05, 4.69) is 33.6 Å². The van der Waals surface area contributed by atoms with Crippen LogP contribution in [-0.2, 0) is 0 Å². The van der Waals surface area contributed by atoms with Gasteiger partial charge in [0, 0.05) is 42.0 Å². The first kappa shape index (κ1) is 18.4. The Morgan fingerprint density at radius 1 is 1.36 bits per heavy atom. The third kappa shape index (κ3) is 3.20. The molecule has 1 aromatic carbocycles. The van der Waals surface area contributed by atoms with Crippen LogP contribution in [0.2, 0.25) is 0 Å². The number of carbonyl (C=O) groups is 1. The Hall–Kier alpha value is -3.00. The van der Waals surface area contributed by atoms with Crippen molar-refractivity contribution in [2.24, 2.45) is 0 Å². The number of aromatic amines is 1. The number of nitrogens with one attached hydrogen (secondary N) is 1. The number of hydrogen-bond acceptors (Lipinski definition) is 6. The van der Waals surface area contributed by atoms with Gasteiger partial charge in [-0.15, -0.1) is 0 Å². The summed E-state index contributed by atoms with van der Waals surface area (Å²) in [5, 5.41) is 8.79. The van der Waals surface area contributed by atoms with Crippen LogP contribution in [-0.4, -0.2) is 54.4 Å². The fourth-order valence-corrected chi connectivity index (χ4v) is 3.90. The van der Waals surface area contributed by atoms with Gasteiger partial charge in [0.25, 0.3) is 5.56 Å². The van der Waals surface area contributed by atoms with Crippen LogP contribution in [0.4, 0.5) is 10.5 Å². The first-order valence-corrected chi connectivity index (χ1v) is 9.24. The summed E-state index contributed by atoms with van der Waals surface area (Å²) in [6, 6.07) is 7.94. The van der Waals surface area contributed by atoms with E-state index in [-0.39, 0.29) is 11.9 Å². The monoisotopic (exact) mass is 385 g/mol. The van der Waals surface area contributed by atoms with Crippen molar-refractivity contribution in [2.75, 3.05) is 32.1 Å². The van der Waals surface area contributed by atoms with E-state index in [0.717, 1.165) is 30.8 Å². The van der Waals surface area contributed by atoms with Crippen LogP contribution in [0.25, 0.3) is 11.3 Å². The van der Waals surface area contributed by atoms with Crippen LogP contribution in [0.5, 0.6) is 11.5 Å². The van der Waals surface area contributed by atoms with Crippen molar-refractivity contribution in [1.82, 2.24) is 9.88 Å². The summed E-state index contributed by atoms with van der Waals surface area (Å²) < 4.78 is 10.6. The molecule has 3 heterocycles. The van der Waals surface area contributed by atoms with Gasteiger partial charge in [0.15, 0.2) is 5.75 Å². The molecule has 2 N–H and O–H groups in total. The predicted molar refractivity (Wildman–Crippen MR) is 104 cm³/mol. The van der Waals surface area contributed by atoms with Gasteiger partial charge < -0.3 is 29.4 Å². The molecule has 1 saturated heterocycles. The van der Waals surface area contributed by atoms with Crippen molar-refractivity contribution in [1.29, 1.82) is 0 Å². The maximum absolute atomic E-state index is 12.2. The molecule has 8 heteroatoms. The molecule has 0 saturated carbocycles. The molecule has 2 aliphatic rings. The minimum atomic E-state index is -1.53. The Kier molecular flexibility index (Phi) is 4.50. The molecule has 0 amide bonds. The van der Waals surface area contributed by atoms with Gasteiger partial charge in [0.2, 0.25) is 0 Å². The van der Waals surface area contributed by atoms with Crippen LogP contribution in [0.1, 0.15) is 25.0 Å². The second-order valence-electron chi connectivity index (χ2n) is 7.45. The molecule has 2 aliphatic heterocycles. The molecule has 0 spiro atoms. The number of fused-ring (bicyclic) bond motifs is 3. The smallest absolute Gasteiger partial charge is 0.485 e. The van der Waals surface area contributed by atoms with E-state index < -0.39 is 11.7 Å². The van der Waals surface area contributed by atoms with Crippen molar-refractivity contribution >= 4 is 11.8 Å². The van der Waals surface area contributed by atoms with Gasteiger partial charge in [0.1, 0.15) is 11.9 Å². The van der Waals surface area contributed by atoms with Crippen molar-refractivity contribution < 1.29 is 19.4 Å². The standard InChI is InChI=1S/C20H23N3O5/c1-11-15-9-17(28-20(25)26)19(24)21-18(15)14-5-4-12(8-16(14)27-11)23-7-6-13(10-23)22(2)3/h4-5,8-9,11,13H,6-7,10H2,1-3H3,(H,21,24)(H,25,26). The third-order valence-electron chi connectivity index (χ3n) is 5.47. The lowest BCUT2D eigenvalue weighted by Gasteiger charge is -2.28. The van der Waals surface area contributed by atoms with Gasteiger partial charge in [-0.3, -0.25) is 4.79 Å². The van der Waals surface area contributed by atoms with Crippen LogP contribution in [0.15, 0.2) is 29.1 Å². The van der Waals surface area contributed by atoms with Crippen LogP contribution in [0.3, 0.4) is 0 Å². The number of carboxylic acid groups (broad SMARTS) is 1. The van der Waals surface area contributed by atoms with Crippen LogP contribution in [0, 0.1) is 0 Å². The number of ether oxygens (including phenoxy) is 2. The number of aromatic nitrogens is 1. The number of nitrogens with zero attached hydrogens (tertiary/aromatic N) is 2. The summed E-state index contributed by atoms with van der Waals surface area (Å²) >= 11 is 0. The van der Waals surface area contributed by atoms with Crippen molar-refractivity contribution in [2.45, 2.75) is 25.5 Å². The normalized spacial score (nSPS) is 20.5. The van der Waals surface area contributed by atoms with E-state index >= 15 is 0 Å². The zero-order valence-corrected chi connectivity index (χ0v) is 16.1. The van der Waals surface area contributed by atoms with Gasteiger partial charge in [-0.1, -0.05) is 0 Å². The lowest BCUT2D eigenvalue weighted by Crippen LogP contribution is -2.31. The Morgan fingerprint density at radius 2 is 2.14 bits per heavy atom. The van der Waals surface area contributed by atoms with Crippen LogP contribution >= 0.6 is 0 Å². The Balaban J connectivity index is 1.69. The quantitative estimate of drug-likeness (QED) is 0.785. The average Bonchev–Trinajstić information content (AvgIpc) is 3.12. The highest BCUT2D eigenvalue weighted by Gasteiger charge is 2.29. The number of hydrogen-bond donors (Lipinski definition) is 2. The molecule has 0 aliphatic carbocycles. The first-order chi connectivity index (χ1) is 13.3. The zero-order chi connectivity index (χ0) is 20.0. The Bertz CT molecular complexity index is 984. The van der Waals surface area contributed by atoms with Gasteiger partial charge in [-0.2, -0.15) is 0 Å². The average molecular weight is 385 g/mol. The molecule has 2 unspecified atom stereocenters. The van der Waals surface area contributed by atoms with Crippen molar-refractivity contribution in [3.8, 4) is 22.8 Å². The van der Waals surface area contributed by atoms with E-state index in [1.165, 1.54) is 6.07 Å². The summed E-state index contributed by atoms with van der Waals surface area (Å²) in [7, 11) is 4.20. The maximum atomic E-state index is 12.2. The highest BCUT2D eigenvalue weighted by molar-refractivity contribution is 5.76. The zero-order valence-electron chi connectivity index (χ0n) is 16.1. The number of anilines is 1. The molecule has 4 rings (SSSR count). The molecule has 2 aromatic rings. The van der Waals surface area contributed by atoms with Gasteiger partial charge in [0.05, 0.1) is 5.69 Å². The molecule has 0 bridgehead atoms. The van der Waals surface area contributed by atoms with Crippen LogP contribution < -0.4 is 19.9 Å². The van der Waals surface area contributed by atoms with E-state index in [1.54, 1.807) is 0 Å². The largest absolute Gasteiger partial charge is 0.511 e. The van der Waals surface area contributed by atoms with E-state index in [9.17, 15) is 9.59 Å². The maximum Gasteiger partial charge on any atom is 0.511 e. The first-order valence-electron chi connectivity index (χ1n) is 9.24. The topological polar surface area (TPSA) is 95.1 Å². The number of rotatable bonds is 3. The van der Waals surface area contributed by atoms with Crippen molar-refractivity contribution in [3.05, 3.63) is 40.2 Å². The predicted octanol–water partition coefficient (Wildman–Crippen LogP) is 2.69. The summed E-state index contributed by atoms with van der Waals surface area (Å²) in [5.74, 6) is 0.446. The molecule has 8 nitrogen and oxygen atoms in total. The summed E-state index contributed by atoms with van der Waals surface area (Å²) in [6.07, 6.45) is -0.760. The number of benzene rings is 1. The molecular formula is C20H23N3O5. The Labute approximate surface area is 162 Å². The minimum Gasteiger partial charge on any atom is -0.485 e. The van der Waals surface area contributed by atoms with Crippen molar-refractivity contribution in [3.63, 3.8) is 0 Å². The second-order valence-corrected chi connectivity index (χ2v) is 7.45. The van der Waals surface area contributed by atoms with Gasteiger partial charge in [-0.05, 0) is 45.6 Å². The molecular weight excluding hydrogens is 362 g/mol. The number of likely N-dealkylation sites (N-methyl/N-ethyl adjacent to an activating group) is 1. The summed E-state index contributed by atoms with van der Waals surface area (Å²) in [6.45, 7) is 3.81. The third-order valence-corrected chi connectivity index (χ3v) is 5.47. The second kappa shape index (κ2) is 6.87. The fraction of sp³-hybridized carbons (Fsp3) is 0.400. The molecule has 1 aromatic heterocycles. The summed E-state index contributed by atoms with van der Waals surface area (Å²) in [5.41, 5.74) is 2.60.